The van der Waals surface area contributed by atoms with Crippen molar-refractivity contribution < 1.29 is 19.1 Å². The average molecular weight is 522 g/mol. The Morgan fingerprint density at radius 3 is 2.64 bits per heavy atom. The molecular formula is C26H20BrNO4S. The van der Waals surface area contributed by atoms with E-state index in [1.165, 1.54) is 4.90 Å². The van der Waals surface area contributed by atoms with Crippen molar-refractivity contribution in [2.75, 3.05) is 13.2 Å². The fourth-order valence-corrected chi connectivity index (χ4v) is 4.91. The van der Waals surface area contributed by atoms with E-state index in [9.17, 15) is 9.59 Å². The molecule has 1 heterocycles. The van der Waals surface area contributed by atoms with Gasteiger partial charge in [-0.25, -0.2) is 0 Å². The first kappa shape index (κ1) is 23.0. The highest BCUT2D eigenvalue weighted by atomic mass is 79.9. The smallest absolute Gasteiger partial charge is 0.293 e. The number of rotatable bonds is 7. The third kappa shape index (κ3) is 5.08. The molecule has 0 radical (unpaired) electrons. The summed E-state index contributed by atoms with van der Waals surface area (Å²) in [7, 11) is 0. The summed E-state index contributed by atoms with van der Waals surface area (Å²) in [4.78, 5) is 27.3. The maximum absolute atomic E-state index is 13.0. The minimum Gasteiger partial charge on any atom is -0.490 e. The normalized spacial score (nSPS) is 14.7. The lowest BCUT2D eigenvalue weighted by molar-refractivity contribution is -0.123. The second kappa shape index (κ2) is 10.2. The average Bonchev–Trinajstić information content (AvgIpc) is 3.06. The molecule has 7 heteroatoms. The fourth-order valence-electron chi connectivity index (χ4n) is 3.50. The van der Waals surface area contributed by atoms with Crippen molar-refractivity contribution in [3.05, 3.63) is 75.1 Å². The molecule has 0 aliphatic carbocycles. The first-order chi connectivity index (χ1) is 16.0. The Morgan fingerprint density at radius 2 is 1.88 bits per heavy atom. The molecule has 0 atom stereocenters. The minimum absolute atomic E-state index is 0.103. The van der Waals surface area contributed by atoms with Crippen LogP contribution in [0.3, 0.4) is 0 Å². The van der Waals surface area contributed by atoms with Gasteiger partial charge in [0.05, 0.1) is 22.5 Å². The molecule has 2 amide bonds. The van der Waals surface area contributed by atoms with Crippen LogP contribution in [0.4, 0.5) is 4.79 Å². The molecule has 1 fully saturated rings. The molecule has 1 saturated heterocycles. The third-order valence-electron chi connectivity index (χ3n) is 4.96. The maximum atomic E-state index is 13.0. The molecule has 1 aliphatic rings. The molecule has 33 heavy (non-hydrogen) atoms. The number of nitrogens with zero attached hydrogens (tertiary/aromatic N) is 1. The number of fused-ring (bicyclic) bond motifs is 1. The highest BCUT2D eigenvalue weighted by molar-refractivity contribution is 9.10. The Balaban J connectivity index is 1.58. The Hall–Kier alpha value is -3.21. The Labute approximate surface area is 204 Å². The minimum atomic E-state index is -0.320. The topological polar surface area (TPSA) is 55.8 Å². The van der Waals surface area contributed by atoms with Gasteiger partial charge in [0, 0.05) is 0 Å². The first-order valence-electron chi connectivity index (χ1n) is 10.3. The Kier molecular flexibility index (Phi) is 7.07. The predicted octanol–water partition coefficient (Wildman–Crippen LogP) is 6.25. The lowest BCUT2D eigenvalue weighted by Gasteiger charge is -2.14. The number of thioether (sulfide) groups is 1. The van der Waals surface area contributed by atoms with E-state index in [2.05, 4.69) is 21.9 Å². The number of hydrogen-bond donors (Lipinski definition) is 0. The van der Waals surface area contributed by atoms with Crippen LogP contribution in [-0.4, -0.2) is 29.3 Å². The number of carbonyl (C=O) groups is 2. The van der Waals surface area contributed by atoms with E-state index in [-0.39, 0.29) is 24.3 Å². The van der Waals surface area contributed by atoms with Crippen LogP contribution in [0.2, 0.25) is 0 Å². The number of carbonyl (C=O) groups excluding carboxylic acids is 2. The molecule has 0 N–H and O–H groups in total. The molecule has 3 aromatic carbocycles. The molecular weight excluding hydrogens is 502 g/mol. The van der Waals surface area contributed by atoms with Crippen molar-refractivity contribution in [3.63, 3.8) is 0 Å². The standard InChI is InChI=1S/C26H20BrNO4S/c1-3-11-32-24-21(27)13-18(14-22(24)31-4-2)15-23-25(29)28(26(30)33-23)16-17-9-10-19-7-5-6-8-20(19)12-17/h1,5-10,12-15H,4,11,16H2,2H3/b23-15-. The molecule has 0 unspecified atom stereocenters. The van der Waals surface area contributed by atoms with Crippen molar-refractivity contribution in [3.8, 4) is 23.8 Å². The van der Waals surface area contributed by atoms with E-state index in [1.807, 2.05) is 49.4 Å². The largest absolute Gasteiger partial charge is 0.490 e. The van der Waals surface area contributed by atoms with Gasteiger partial charge in [-0.05, 0) is 80.8 Å². The first-order valence-corrected chi connectivity index (χ1v) is 11.9. The second-order valence-corrected chi connectivity index (χ2v) is 9.05. The van der Waals surface area contributed by atoms with Crippen LogP contribution in [0.5, 0.6) is 11.5 Å². The highest BCUT2D eigenvalue weighted by Gasteiger charge is 2.35. The molecule has 0 saturated carbocycles. The summed E-state index contributed by atoms with van der Waals surface area (Å²) >= 11 is 4.41. The summed E-state index contributed by atoms with van der Waals surface area (Å²) in [6.07, 6.45) is 6.98. The molecule has 1 aliphatic heterocycles. The molecule has 5 nitrogen and oxygen atoms in total. The zero-order chi connectivity index (χ0) is 23.4. The van der Waals surface area contributed by atoms with Crippen LogP contribution >= 0.6 is 27.7 Å². The molecule has 166 valence electrons. The van der Waals surface area contributed by atoms with Crippen LogP contribution in [0, 0.1) is 12.3 Å². The van der Waals surface area contributed by atoms with Crippen LogP contribution in [0.1, 0.15) is 18.1 Å². The van der Waals surface area contributed by atoms with Gasteiger partial charge in [-0.3, -0.25) is 14.5 Å². The van der Waals surface area contributed by atoms with Gasteiger partial charge in [0.2, 0.25) is 0 Å². The van der Waals surface area contributed by atoms with Gasteiger partial charge in [-0.2, -0.15) is 0 Å². The fraction of sp³-hybridized carbons (Fsp3) is 0.154. The van der Waals surface area contributed by atoms with Gasteiger partial charge < -0.3 is 9.47 Å². The number of terminal acetylenes is 1. The monoisotopic (exact) mass is 521 g/mol. The van der Waals surface area contributed by atoms with Crippen LogP contribution in [0.25, 0.3) is 16.8 Å². The Morgan fingerprint density at radius 1 is 1.09 bits per heavy atom. The second-order valence-electron chi connectivity index (χ2n) is 7.21. The van der Waals surface area contributed by atoms with Crippen molar-refractivity contribution >= 4 is 55.7 Å². The van der Waals surface area contributed by atoms with Gasteiger partial charge in [0.25, 0.3) is 11.1 Å². The molecule has 4 rings (SSSR count). The number of halogens is 1. The lowest BCUT2D eigenvalue weighted by Crippen LogP contribution is -2.27. The molecule has 0 bridgehead atoms. The highest BCUT2D eigenvalue weighted by Crippen LogP contribution is 2.39. The summed E-state index contributed by atoms with van der Waals surface area (Å²) < 4.78 is 11.9. The van der Waals surface area contributed by atoms with Gasteiger partial charge >= 0.3 is 0 Å². The van der Waals surface area contributed by atoms with E-state index in [0.717, 1.165) is 28.1 Å². The molecule has 3 aromatic rings. The predicted molar refractivity (Wildman–Crippen MR) is 135 cm³/mol. The number of amides is 2. The number of benzene rings is 3. The van der Waals surface area contributed by atoms with Crippen LogP contribution in [0.15, 0.2) is 64.0 Å². The molecule has 0 aromatic heterocycles. The third-order valence-corrected chi connectivity index (χ3v) is 6.45. The van der Waals surface area contributed by atoms with Crippen molar-refractivity contribution in [1.82, 2.24) is 4.90 Å². The zero-order valence-corrected chi connectivity index (χ0v) is 20.2. The van der Waals surface area contributed by atoms with Gasteiger partial charge in [-0.15, -0.1) is 6.42 Å². The van der Waals surface area contributed by atoms with Crippen molar-refractivity contribution in [2.24, 2.45) is 0 Å². The number of ether oxygens (including phenoxy) is 2. The van der Waals surface area contributed by atoms with E-state index in [4.69, 9.17) is 15.9 Å². The summed E-state index contributed by atoms with van der Waals surface area (Å²) in [5.74, 6) is 3.11. The zero-order valence-electron chi connectivity index (χ0n) is 17.8. The van der Waals surface area contributed by atoms with Gasteiger partial charge in [-0.1, -0.05) is 42.3 Å². The van der Waals surface area contributed by atoms with E-state index in [0.29, 0.717) is 33.0 Å². The summed E-state index contributed by atoms with van der Waals surface area (Å²) in [6.45, 7) is 2.62. The SMILES string of the molecule is C#CCOc1c(Br)cc(/C=C2\SC(=O)N(Cc3ccc4ccccc4c3)C2=O)cc1OCC. The maximum Gasteiger partial charge on any atom is 0.293 e. The summed E-state index contributed by atoms with van der Waals surface area (Å²) in [5.41, 5.74) is 1.60. The van der Waals surface area contributed by atoms with Crippen LogP contribution in [-0.2, 0) is 11.3 Å². The lowest BCUT2D eigenvalue weighted by atomic mass is 10.1. The Bertz CT molecular complexity index is 1310. The van der Waals surface area contributed by atoms with E-state index >= 15 is 0 Å². The van der Waals surface area contributed by atoms with Gasteiger partial charge in [0.1, 0.15) is 6.61 Å². The van der Waals surface area contributed by atoms with E-state index in [1.54, 1.807) is 18.2 Å². The van der Waals surface area contributed by atoms with Crippen molar-refractivity contribution in [2.45, 2.75) is 13.5 Å². The number of hydrogen-bond acceptors (Lipinski definition) is 5. The van der Waals surface area contributed by atoms with Crippen molar-refractivity contribution in [1.29, 1.82) is 0 Å². The van der Waals surface area contributed by atoms with Gasteiger partial charge in [0.15, 0.2) is 11.5 Å². The quantitative estimate of drug-likeness (QED) is 0.271. The summed E-state index contributed by atoms with van der Waals surface area (Å²) in [5, 5.41) is 1.89. The summed E-state index contributed by atoms with van der Waals surface area (Å²) in [6, 6.07) is 17.5. The van der Waals surface area contributed by atoms with Crippen LogP contribution < -0.4 is 9.47 Å². The number of imide groups is 1. The van der Waals surface area contributed by atoms with E-state index < -0.39 is 0 Å². The molecule has 0 spiro atoms.